The fourth-order valence-corrected chi connectivity index (χ4v) is 1.99. The lowest BCUT2D eigenvalue weighted by molar-refractivity contribution is 0.413. The molecule has 1 aromatic carbocycles. The third-order valence-corrected chi connectivity index (χ3v) is 3.13. The van der Waals surface area contributed by atoms with Crippen LogP contribution in [0.2, 0.25) is 0 Å². The maximum Gasteiger partial charge on any atom is 0.414 e. The first-order valence-corrected chi connectivity index (χ1v) is 6.05. The molecular formula is C10H10N2O4S. The predicted octanol–water partition coefficient (Wildman–Crippen LogP) is 1.06. The van der Waals surface area contributed by atoms with Gasteiger partial charge >= 0.3 is 10.3 Å². The molecule has 0 saturated carbocycles. The molecule has 0 N–H and O–H groups in total. The molecule has 1 aromatic heterocycles. The number of hydrogen-bond acceptors (Lipinski definition) is 5. The van der Waals surface area contributed by atoms with Crippen molar-refractivity contribution in [2.45, 2.75) is 0 Å². The highest BCUT2D eigenvalue weighted by Gasteiger charge is 2.14. The normalized spacial score (nSPS) is 11.1. The van der Waals surface area contributed by atoms with Crippen molar-refractivity contribution in [2.24, 2.45) is 0 Å². The van der Waals surface area contributed by atoms with E-state index in [0.717, 1.165) is 10.3 Å². The smallest absolute Gasteiger partial charge is 0.414 e. The van der Waals surface area contributed by atoms with Crippen molar-refractivity contribution in [1.29, 1.82) is 0 Å². The lowest BCUT2D eigenvalue weighted by atomic mass is 10.3. The van der Waals surface area contributed by atoms with Gasteiger partial charge < -0.3 is 8.92 Å². The average Bonchev–Trinajstić information content (AvgIpc) is 2.84. The zero-order chi connectivity index (χ0) is 12.3. The van der Waals surface area contributed by atoms with Crippen LogP contribution in [0.15, 0.2) is 43.0 Å². The van der Waals surface area contributed by atoms with Gasteiger partial charge in [-0.15, -0.1) is 0 Å². The number of ether oxygens (including phenoxy) is 1. The standard InChI is InChI=1S/C10H10N2O4S/c1-15-9-2-4-10(5-3-9)16-17(13,14)12-7-6-11-8-12/h2-8H,1H3. The summed E-state index contributed by atoms with van der Waals surface area (Å²) in [5.41, 5.74) is 0. The van der Waals surface area contributed by atoms with E-state index in [2.05, 4.69) is 4.98 Å². The van der Waals surface area contributed by atoms with Crippen LogP contribution in [-0.2, 0) is 10.3 Å². The van der Waals surface area contributed by atoms with E-state index in [1.807, 2.05) is 0 Å². The molecule has 1 heterocycles. The summed E-state index contributed by atoms with van der Waals surface area (Å²) in [5, 5.41) is 0. The molecule has 90 valence electrons. The van der Waals surface area contributed by atoms with Crippen molar-refractivity contribution in [2.75, 3.05) is 7.11 Å². The summed E-state index contributed by atoms with van der Waals surface area (Å²) < 4.78 is 34.1. The van der Waals surface area contributed by atoms with E-state index in [9.17, 15) is 8.42 Å². The fraction of sp³-hybridized carbons (Fsp3) is 0.100. The van der Waals surface area contributed by atoms with Crippen LogP contribution in [0.5, 0.6) is 11.5 Å². The molecular weight excluding hydrogens is 244 g/mol. The van der Waals surface area contributed by atoms with Crippen molar-refractivity contribution in [1.82, 2.24) is 8.96 Å². The molecule has 0 unspecified atom stereocenters. The lowest BCUT2D eigenvalue weighted by Gasteiger charge is -2.07. The SMILES string of the molecule is COc1ccc(OS(=O)(=O)n2ccnc2)cc1. The summed E-state index contributed by atoms with van der Waals surface area (Å²) in [6.45, 7) is 0. The first-order chi connectivity index (χ1) is 8.12. The summed E-state index contributed by atoms with van der Waals surface area (Å²) in [4.78, 5) is 3.64. The van der Waals surface area contributed by atoms with Crippen molar-refractivity contribution in [3.8, 4) is 11.5 Å². The Balaban J connectivity index is 2.21. The third kappa shape index (κ3) is 2.56. The zero-order valence-corrected chi connectivity index (χ0v) is 9.79. The number of aromatic nitrogens is 2. The molecule has 0 aliphatic heterocycles. The minimum Gasteiger partial charge on any atom is -0.497 e. The first-order valence-electron chi connectivity index (χ1n) is 4.69. The van der Waals surface area contributed by atoms with E-state index in [-0.39, 0.29) is 5.75 Å². The number of hydrogen-bond donors (Lipinski definition) is 0. The molecule has 0 fully saturated rings. The number of benzene rings is 1. The number of methoxy groups -OCH3 is 1. The topological polar surface area (TPSA) is 70.4 Å². The summed E-state index contributed by atoms with van der Waals surface area (Å²) in [7, 11) is -2.35. The average molecular weight is 254 g/mol. The number of imidazole rings is 1. The molecule has 0 spiro atoms. The van der Waals surface area contributed by atoms with Gasteiger partial charge in [-0.25, -0.2) is 8.96 Å². The molecule has 0 bridgehead atoms. The Morgan fingerprint density at radius 2 is 1.82 bits per heavy atom. The van der Waals surface area contributed by atoms with Crippen LogP contribution < -0.4 is 8.92 Å². The van der Waals surface area contributed by atoms with Gasteiger partial charge in [0.05, 0.1) is 7.11 Å². The summed E-state index contributed by atoms with van der Waals surface area (Å²) in [6.07, 6.45) is 3.80. The highest BCUT2D eigenvalue weighted by atomic mass is 32.2. The quantitative estimate of drug-likeness (QED) is 0.816. The van der Waals surface area contributed by atoms with Crippen LogP contribution in [0.3, 0.4) is 0 Å². The Morgan fingerprint density at radius 3 is 2.35 bits per heavy atom. The van der Waals surface area contributed by atoms with Gasteiger partial charge in [0, 0.05) is 12.4 Å². The van der Waals surface area contributed by atoms with E-state index in [1.165, 1.54) is 31.6 Å². The van der Waals surface area contributed by atoms with Crippen LogP contribution in [0.1, 0.15) is 0 Å². The van der Waals surface area contributed by atoms with E-state index >= 15 is 0 Å². The van der Waals surface area contributed by atoms with Gasteiger partial charge in [-0.05, 0) is 24.3 Å². The van der Waals surface area contributed by atoms with Crippen LogP contribution in [0.25, 0.3) is 0 Å². The van der Waals surface area contributed by atoms with E-state index in [1.54, 1.807) is 12.1 Å². The molecule has 17 heavy (non-hydrogen) atoms. The van der Waals surface area contributed by atoms with Crippen molar-refractivity contribution >= 4 is 10.3 Å². The molecule has 2 aromatic rings. The van der Waals surface area contributed by atoms with E-state index < -0.39 is 10.3 Å². The summed E-state index contributed by atoms with van der Waals surface area (Å²) in [6, 6.07) is 6.23. The largest absolute Gasteiger partial charge is 0.497 e. The maximum atomic E-state index is 11.7. The molecule has 2 rings (SSSR count). The molecule has 0 atom stereocenters. The minimum atomic E-state index is -3.88. The molecule has 0 radical (unpaired) electrons. The number of rotatable bonds is 4. The molecule has 0 amide bonds. The van der Waals surface area contributed by atoms with E-state index in [4.69, 9.17) is 8.92 Å². The molecule has 7 heteroatoms. The van der Waals surface area contributed by atoms with Crippen molar-refractivity contribution in [3.05, 3.63) is 43.0 Å². The van der Waals surface area contributed by atoms with Crippen LogP contribution >= 0.6 is 0 Å². The van der Waals surface area contributed by atoms with Crippen molar-refractivity contribution in [3.63, 3.8) is 0 Å². The molecule has 0 aliphatic rings. The van der Waals surface area contributed by atoms with Crippen molar-refractivity contribution < 1.29 is 17.3 Å². The Hall–Kier alpha value is -2.02. The van der Waals surface area contributed by atoms with Gasteiger partial charge in [0.2, 0.25) is 0 Å². The summed E-state index contributed by atoms with van der Waals surface area (Å²) >= 11 is 0. The molecule has 0 aliphatic carbocycles. The second-order valence-corrected chi connectivity index (χ2v) is 4.55. The highest BCUT2D eigenvalue weighted by Crippen LogP contribution is 2.18. The highest BCUT2D eigenvalue weighted by molar-refractivity contribution is 7.85. The van der Waals surface area contributed by atoms with E-state index in [0.29, 0.717) is 5.75 Å². The zero-order valence-electron chi connectivity index (χ0n) is 8.98. The van der Waals surface area contributed by atoms with Gasteiger partial charge in [0.25, 0.3) is 0 Å². The lowest BCUT2D eigenvalue weighted by Crippen LogP contribution is -2.17. The fourth-order valence-electron chi connectivity index (χ4n) is 1.18. The van der Waals surface area contributed by atoms with Gasteiger partial charge in [-0.3, -0.25) is 0 Å². The van der Waals surface area contributed by atoms with Gasteiger partial charge in [-0.2, -0.15) is 8.42 Å². The molecule has 6 nitrogen and oxygen atoms in total. The Labute approximate surface area is 98.7 Å². The van der Waals surface area contributed by atoms with Gasteiger partial charge in [0.15, 0.2) is 0 Å². The Kier molecular flexibility index (Phi) is 3.01. The minimum absolute atomic E-state index is 0.208. The summed E-state index contributed by atoms with van der Waals surface area (Å²) in [5.74, 6) is 0.830. The third-order valence-electron chi connectivity index (χ3n) is 2.00. The van der Waals surface area contributed by atoms with Crippen LogP contribution in [0, 0.1) is 0 Å². The monoisotopic (exact) mass is 254 g/mol. The Morgan fingerprint density at radius 1 is 1.18 bits per heavy atom. The second-order valence-electron chi connectivity index (χ2n) is 3.11. The van der Waals surface area contributed by atoms with Gasteiger partial charge in [0.1, 0.15) is 17.8 Å². The predicted molar refractivity (Wildman–Crippen MR) is 60.2 cm³/mol. The van der Waals surface area contributed by atoms with Gasteiger partial charge in [-0.1, -0.05) is 0 Å². The molecule has 0 saturated heterocycles. The Bertz CT molecular complexity index is 575. The van der Waals surface area contributed by atoms with Crippen LogP contribution in [-0.4, -0.2) is 24.5 Å². The first kappa shape index (κ1) is 11.5. The maximum absolute atomic E-state index is 11.7. The number of nitrogens with zero attached hydrogens (tertiary/aromatic N) is 2. The van der Waals surface area contributed by atoms with Crippen LogP contribution in [0.4, 0.5) is 0 Å². The second kappa shape index (κ2) is 4.46.